The first-order chi connectivity index (χ1) is 16.8. The molecule has 0 radical (unpaired) electrons. The lowest BCUT2D eigenvalue weighted by Crippen LogP contribution is -2.31. The van der Waals surface area contributed by atoms with E-state index in [0.717, 1.165) is 23.4 Å². The second kappa shape index (κ2) is 9.23. The summed E-state index contributed by atoms with van der Waals surface area (Å²) in [4.78, 5) is 29.3. The van der Waals surface area contributed by atoms with Gasteiger partial charge in [-0.25, -0.2) is 18.1 Å². The number of aromatic nitrogens is 2. The number of sulfonamides is 1. The largest absolute Gasteiger partial charge is 0.455 e. The summed E-state index contributed by atoms with van der Waals surface area (Å²) in [7, 11) is -2.03. The predicted octanol–water partition coefficient (Wildman–Crippen LogP) is 3.81. The van der Waals surface area contributed by atoms with Gasteiger partial charge in [0, 0.05) is 36.1 Å². The van der Waals surface area contributed by atoms with E-state index in [4.69, 9.17) is 4.42 Å². The predicted molar refractivity (Wildman–Crippen MR) is 135 cm³/mol. The second-order valence-corrected chi connectivity index (χ2v) is 10.5. The Labute approximate surface area is 207 Å². The van der Waals surface area contributed by atoms with Crippen LogP contribution in [0.5, 0.6) is 0 Å². The van der Waals surface area contributed by atoms with Crippen molar-refractivity contribution in [1.29, 1.82) is 0 Å². The number of benzene rings is 1. The molecule has 0 unspecified atom stereocenters. The van der Waals surface area contributed by atoms with E-state index in [0.29, 0.717) is 27.9 Å². The van der Waals surface area contributed by atoms with Crippen molar-refractivity contribution in [2.75, 3.05) is 11.6 Å². The van der Waals surface area contributed by atoms with Gasteiger partial charge < -0.3 is 14.3 Å². The molecule has 2 N–H and O–H groups in total. The van der Waals surface area contributed by atoms with Crippen LogP contribution in [0.1, 0.15) is 40.1 Å². The van der Waals surface area contributed by atoms with E-state index >= 15 is 0 Å². The Balaban J connectivity index is 1.83. The van der Waals surface area contributed by atoms with Crippen LogP contribution in [0.3, 0.4) is 0 Å². The third kappa shape index (κ3) is 5.01. The molecule has 11 heteroatoms. The highest BCUT2D eigenvalue weighted by Gasteiger charge is 2.22. The number of anilines is 1. The molecule has 0 fully saturated rings. The number of rotatable bonds is 6. The van der Waals surface area contributed by atoms with Crippen molar-refractivity contribution in [2.24, 2.45) is 7.05 Å². The number of carbonyl (C=O) groups is 1. The molecule has 0 saturated carbocycles. The number of fused-ring (bicyclic) bond motifs is 1. The molecule has 1 atom stereocenters. The smallest absolute Gasteiger partial charge is 0.285 e. The summed E-state index contributed by atoms with van der Waals surface area (Å²) < 4.78 is 46.8. The fourth-order valence-electron chi connectivity index (χ4n) is 4.05. The zero-order chi connectivity index (χ0) is 26.4. The van der Waals surface area contributed by atoms with Crippen molar-refractivity contribution in [2.45, 2.75) is 26.8 Å². The highest BCUT2D eigenvalue weighted by atomic mass is 32.2. The van der Waals surface area contributed by atoms with Crippen LogP contribution >= 0.6 is 0 Å². The second-order valence-electron chi connectivity index (χ2n) is 8.78. The summed E-state index contributed by atoms with van der Waals surface area (Å²) in [5.41, 5.74) is 2.56. The SMILES string of the molecule is Cc1cc([C@@H](C)Nc2ccc(F)nc2C(=O)NS(C)(=O)=O)c2oc(-c3ccn(C)c3)c(C)c(=O)c2c1. The quantitative estimate of drug-likeness (QED) is 0.377. The lowest BCUT2D eigenvalue weighted by molar-refractivity contribution is 0.0976. The number of carbonyl (C=O) groups excluding carboxylic acids is 1. The molecule has 3 aromatic heterocycles. The van der Waals surface area contributed by atoms with Gasteiger partial charge in [0.1, 0.15) is 11.3 Å². The molecule has 188 valence electrons. The molecule has 36 heavy (non-hydrogen) atoms. The van der Waals surface area contributed by atoms with Gasteiger partial charge in [0.05, 0.1) is 23.4 Å². The van der Waals surface area contributed by atoms with Gasteiger partial charge in [-0.3, -0.25) is 9.59 Å². The van der Waals surface area contributed by atoms with E-state index < -0.39 is 33.6 Å². The molecule has 0 bridgehead atoms. The van der Waals surface area contributed by atoms with Crippen LogP contribution in [-0.2, 0) is 17.1 Å². The third-order valence-corrected chi connectivity index (χ3v) is 6.24. The summed E-state index contributed by atoms with van der Waals surface area (Å²) in [5.74, 6) is -1.57. The molecule has 9 nitrogen and oxygen atoms in total. The van der Waals surface area contributed by atoms with Crippen LogP contribution in [-0.4, -0.2) is 30.1 Å². The Morgan fingerprint density at radius 1 is 1.19 bits per heavy atom. The zero-order valence-electron chi connectivity index (χ0n) is 20.3. The van der Waals surface area contributed by atoms with E-state index in [1.807, 2.05) is 43.1 Å². The summed E-state index contributed by atoms with van der Waals surface area (Å²) in [6.07, 6.45) is 4.51. The van der Waals surface area contributed by atoms with Crippen LogP contribution in [0.2, 0.25) is 0 Å². The van der Waals surface area contributed by atoms with E-state index in [1.54, 1.807) is 24.6 Å². The molecule has 4 aromatic rings. The standard InChI is InChI=1S/C25H25FN4O5S/c1-13-10-17(15(3)27-19-6-7-20(26)28-21(19)25(32)29-36(5,33)34)24-18(11-13)22(31)14(2)23(35-24)16-8-9-30(4)12-16/h6-12,15,27H,1-5H3,(H,29,32)/t15-/m1/s1. The summed E-state index contributed by atoms with van der Waals surface area (Å²) in [6.45, 7) is 5.34. The normalized spacial score (nSPS) is 12.5. The number of aryl methyl sites for hydroxylation is 2. The minimum atomic E-state index is -3.90. The number of hydrogen-bond donors (Lipinski definition) is 2. The number of nitrogens with zero attached hydrogens (tertiary/aromatic N) is 2. The van der Waals surface area contributed by atoms with Crippen LogP contribution in [0.4, 0.5) is 10.1 Å². The molecule has 1 amide bonds. The Hall–Kier alpha value is -3.99. The fourth-order valence-corrected chi connectivity index (χ4v) is 4.49. The third-order valence-electron chi connectivity index (χ3n) is 5.68. The van der Waals surface area contributed by atoms with Gasteiger partial charge in [-0.1, -0.05) is 6.07 Å². The highest BCUT2D eigenvalue weighted by molar-refractivity contribution is 7.89. The lowest BCUT2D eigenvalue weighted by atomic mass is 9.99. The number of halogens is 1. The van der Waals surface area contributed by atoms with Crippen LogP contribution in [0, 0.1) is 19.8 Å². The molecular formula is C25H25FN4O5S. The van der Waals surface area contributed by atoms with Gasteiger partial charge >= 0.3 is 0 Å². The average molecular weight is 513 g/mol. The van der Waals surface area contributed by atoms with Crippen molar-refractivity contribution < 1.29 is 22.0 Å². The maximum Gasteiger partial charge on any atom is 0.285 e. The zero-order valence-corrected chi connectivity index (χ0v) is 21.2. The minimum absolute atomic E-state index is 0.109. The molecule has 0 aliphatic heterocycles. The molecule has 0 aliphatic carbocycles. The molecule has 0 aliphatic rings. The van der Waals surface area contributed by atoms with Crippen LogP contribution in [0.15, 0.2) is 51.9 Å². The summed E-state index contributed by atoms with van der Waals surface area (Å²) in [6, 6.07) is 7.26. The van der Waals surface area contributed by atoms with Crippen molar-refractivity contribution in [3.05, 3.63) is 81.3 Å². The van der Waals surface area contributed by atoms with E-state index in [2.05, 4.69) is 10.3 Å². The molecule has 4 rings (SSSR count). The first-order valence-corrected chi connectivity index (χ1v) is 12.9. The Bertz CT molecular complexity index is 1670. The molecule has 3 heterocycles. The van der Waals surface area contributed by atoms with Crippen LogP contribution < -0.4 is 15.5 Å². The van der Waals surface area contributed by atoms with E-state index in [-0.39, 0.29) is 11.1 Å². The van der Waals surface area contributed by atoms with Crippen molar-refractivity contribution >= 4 is 32.6 Å². The number of nitrogens with one attached hydrogen (secondary N) is 2. The van der Waals surface area contributed by atoms with Gasteiger partial charge in [0.2, 0.25) is 16.0 Å². The molecule has 0 saturated heterocycles. The minimum Gasteiger partial charge on any atom is -0.455 e. The van der Waals surface area contributed by atoms with Crippen molar-refractivity contribution in [3.8, 4) is 11.3 Å². The summed E-state index contributed by atoms with van der Waals surface area (Å²) >= 11 is 0. The molecule has 1 aromatic carbocycles. The monoisotopic (exact) mass is 512 g/mol. The topological polar surface area (TPSA) is 123 Å². The van der Waals surface area contributed by atoms with Crippen LogP contribution in [0.25, 0.3) is 22.3 Å². The highest BCUT2D eigenvalue weighted by Crippen LogP contribution is 2.32. The number of pyridine rings is 1. The maximum atomic E-state index is 13.8. The van der Waals surface area contributed by atoms with E-state index in [1.165, 1.54) is 6.07 Å². The Morgan fingerprint density at radius 3 is 2.56 bits per heavy atom. The van der Waals surface area contributed by atoms with Gasteiger partial charge in [-0.15, -0.1) is 0 Å². The molecular weight excluding hydrogens is 487 g/mol. The summed E-state index contributed by atoms with van der Waals surface area (Å²) in [5, 5.41) is 3.49. The molecule has 0 spiro atoms. The van der Waals surface area contributed by atoms with Crippen molar-refractivity contribution in [3.63, 3.8) is 0 Å². The van der Waals surface area contributed by atoms with Gasteiger partial charge in [0.25, 0.3) is 5.91 Å². The fraction of sp³-hybridized carbons (Fsp3) is 0.240. The number of amides is 1. The Kier molecular flexibility index (Phi) is 6.44. The Morgan fingerprint density at radius 2 is 1.92 bits per heavy atom. The van der Waals surface area contributed by atoms with E-state index in [9.17, 15) is 22.4 Å². The maximum absolute atomic E-state index is 13.8. The van der Waals surface area contributed by atoms with Gasteiger partial charge in [-0.2, -0.15) is 4.39 Å². The number of hydrogen-bond acceptors (Lipinski definition) is 7. The average Bonchev–Trinajstić information content (AvgIpc) is 3.22. The first-order valence-electron chi connectivity index (χ1n) is 11.0. The van der Waals surface area contributed by atoms with Gasteiger partial charge in [-0.05, 0) is 50.6 Å². The van der Waals surface area contributed by atoms with Crippen molar-refractivity contribution in [1.82, 2.24) is 14.3 Å². The van der Waals surface area contributed by atoms with Gasteiger partial charge in [0.15, 0.2) is 11.1 Å². The first kappa shape index (κ1) is 25.1. The lowest BCUT2D eigenvalue weighted by Gasteiger charge is -2.20.